The molecule has 3 heteroatoms. The number of hydrogen-bond donors (Lipinski definition) is 2. The highest BCUT2D eigenvalue weighted by atomic mass is 16.5. The van der Waals surface area contributed by atoms with Crippen molar-refractivity contribution in [2.45, 2.75) is 38.8 Å². The van der Waals surface area contributed by atoms with E-state index in [1.54, 1.807) is 0 Å². The van der Waals surface area contributed by atoms with Crippen LogP contribution < -0.4 is 10.6 Å². The first-order chi connectivity index (χ1) is 6.77. The molecule has 0 aliphatic carbocycles. The van der Waals surface area contributed by atoms with Crippen LogP contribution in [0, 0.1) is 5.92 Å². The smallest absolute Gasteiger partial charge is 0.0613 e. The fraction of sp³-hybridized carbons (Fsp3) is 1.00. The van der Waals surface area contributed by atoms with Crippen molar-refractivity contribution in [3.8, 4) is 0 Å². The Hall–Kier alpha value is -0.120. The van der Waals surface area contributed by atoms with Gasteiger partial charge in [0.05, 0.1) is 6.10 Å². The zero-order valence-corrected chi connectivity index (χ0v) is 9.68. The Morgan fingerprint density at radius 1 is 1.50 bits per heavy atom. The van der Waals surface area contributed by atoms with Gasteiger partial charge in [-0.05, 0) is 32.7 Å². The fourth-order valence-electron chi connectivity index (χ4n) is 1.96. The number of nitrogens with one attached hydrogen (secondary N) is 2. The van der Waals surface area contributed by atoms with Crippen molar-refractivity contribution in [3.05, 3.63) is 0 Å². The molecule has 0 aromatic heterocycles. The van der Waals surface area contributed by atoms with Crippen LogP contribution in [0.3, 0.4) is 0 Å². The summed E-state index contributed by atoms with van der Waals surface area (Å²) in [6.07, 6.45) is 2.86. The van der Waals surface area contributed by atoms with E-state index in [9.17, 15) is 0 Å². The molecule has 1 rings (SSSR count). The lowest BCUT2D eigenvalue weighted by Gasteiger charge is -2.18. The van der Waals surface area contributed by atoms with Gasteiger partial charge in [-0.15, -0.1) is 0 Å². The number of hydrogen-bond acceptors (Lipinski definition) is 3. The lowest BCUT2D eigenvalue weighted by atomic mass is 10.00. The zero-order chi connectivity index (χ0) is 10.4. The predicted molar refractivity (Wildman–Crippen MR) is 59.5 cm³/mol. The third kappa shape index (κ3) is 3.56. The molecule has 3 atom stereocenters. The van der Waals surface area contributed by atoms with Gasteiger partial charge in [0.1, 0.15) is 0 Å². The molecule has 14 heavy (non-hydrogen) atoms. The average molecular weight is 200 g/mol. The van der Waals surface area contributed by atoms with Gasteiger partial charge in [-0.3, -0.25) is 0 Å². The second-order valence-electron chi connectivity index (χ2n) is 4.21. The van der Waals surface area contributed by atoms with E-state index in [0.29, 0.717) is 12.1 Å². The maximum absolute atomic E-state index is 5.64. The molecular formula is C11H24N2O. The summed E-state index contributed by atoms with van der Waals surface area (Å²) in [6.45, 7) is 7.50. The van der Waals surface area contributed by atoms with Gasteiger partial charge in [-0.1, -0.05) is 6.92 Å². The summed E-state index contributed by atoms with van der Waals surface area (Å²) in [5, 5.41) is 6.72. The molecular weight excluding hydrogens is 176 g/mol. The lowest BCUT2D eigenvalue weighted by molar-refractivity contribution is 0.0872. The molecule has 1 heterocycles. The second-order valence-corrected chi connectivity index (χ2v) is 4.21. The molecule has 1 saturated heterocycles. The van der Waals surface area contributed by atoms with Crippen LogP contribution in [0.5, 0.6) is 0 Å². The first-order valence-electron chi connectivity index (χ1n) is 5.77. The molecule has 3 nitrogen and oxygen atoms in total. The highest BCUT2D eigenvalue weighted by molar-refractivity contribution is 4.77. The van der Waals surface area contributed by atoms with Crippen LogP contribution in [-0.4, -0.2) is 38.9 Å². The first kappa shape index (κ1) is 12.0. The van der Waals surface area contributed by atoms with Crippen LogP contribution in [0.15, 0.2) is 0 Å². The Labute approximate surface area is 87.6 Å². The van der Waals surface area contributed by atoms with E-state index in [1.807, 2.05) is 7.05 Å². The summed E-state index contributed by atoms with van der Waals surface area (Å²) in [7, 11) is 2.00. The van der Waals surface area contributed by atoms with E-state index in [4.69, 9.17) is 4.74 Å². The second kappa shape index (κ2) is 6.38. The molecule has 1 fully saturated rings. The predicted octanol–water partition coefficient (Wildman–Crippen LogP) is 0.999. The standard InChI is InChI=1S/C11H24N2O/c1-4-11-10(5-6-14-11)8-13-7-9(2)12-3/h9-13H,4-8H2,1-3H3. The minimum Gasteiger partial charge on any atom is -0.378 e. The van der Waals surface area contributed by atoms with Crippen LogP contribution >= 0.6 is 0 Å². The SMILES string of the molecule is CCC1OCCC1CNCC(C)NC. The Morgan fingerprint density at radius 3 is 2.93 bits per heavy atom. The van der Waals surface area contributed by atoms with E-state index in [-0.39, 0.29) is 0 Å². The Balaban J connectivity index is 2.11. The van der Waals surface area contributed by atoms with Crippen molar-refractivity contribution >= 4 is 0 Å². The summed E-state index contributed by atoms with van der Waals surface area (Å²) in [5.41, 5.74) is 0. The summed E-state index contributed by atoms with van der Waals surface area (Å²) >= 11 is 0. The lowest BCUT2D eigenvalue weighted by Crippen LogP contribution is -2.37. The number of likely N-dealkylation sites (N-methyl/N-ethyl adjacent to an activating group) is 1. The highest BCUT2D eigenvalue weighted by Gasteiger charge is 2.25. The van der Waals surface area contributed by atoms with Gasteiger partial charge in [0, 0.05) is 25.7 Å². The molecule has 0 saturated carbocycles. The van der Waals surface area contributed by atoms with Crippen LogP contribution in [0.1, 0.15) is 26.7 Å². The van der Waals surface area contributed by atoms with Crippen LogP contribution in [0.2, 0.25) is 0 Å². The minimum absolute atomic E-state index is 0.493. The van der Waals surface area contributed by atoms with Crippen molar-refractivity contribution in [2.24, 2.45) is 5.92 Å². The molecule has 84 valence electrons. The summed E-state index contributed by atoms with van der Waals surface area (Å²) in [6, 6.07) is 0.553. The van der Waals surface area contributed by atoms with Gasteiger partial charge in [0.15, 0.2) is 0 Å². The van der Waals surface area contributed by atoms with E-state index in [2.05, 4.69) is 24.5 Å². The van der Waals surface area contributed by atoms with Crippen molar-refractivity contribution in [3.63, 3.8) is 0 Å². The Morgan fingerprint density at radius 2 is 2.29 bits per heavy atom. The van der Waals surface area contributed by atoms with Crippen molar-refractivity contribution < 1.29 is 4.74 Å². The maximum atomic E-state index is 5.64. The summed E-state index contributed by atoms with van der Waals surface area (Å²) in [5.74, 6) is 0.726. The van der Waals surface area contributed by atoms with E-state index >= 15 is 0 Å². The van der Waals surface area contributed by atoms with Gasteiger partial charge >= 0.3 is 0 Å². The van der Waals surface area contributed by atoms with Crippen molar-refractivity contribution in [1.82, 2.24) is 10.6 Å². The quantitative estimate of drug-likeness (QED) is 0.671. The van der Waals surface area contributed by atoms with Crippen LogP contribution in [-0.2, 0) is 4.74 Å². The molecule has 2 N–H and O–H groups in total. The summed E-state index contributed by atoms with van der Waals surface area (Å²) in [4.78, 5) is 0. The molecule has 0 aromatic rings. The fourth-order valence-corrected chi connectivity index (χ4v) is 1.96. The van der Waals surface area contributed by atoms with Gasteiger partial charge in [0.25, 0.3) is 0 Å². The molecule has 0 radical (unpaired) electrons. The number of ether oxygens (including phenoxy) is 1. The van der Waals surface area contributed by atoms with Crippen LogP contribution in [0.4, 0.5) is 0 Å². The van der Waals surface area contributed by atoms with Gasteiger partial charge in [-0.2, -0.15) is 0 Å². The normalized spacial score (nSPS) is 29.4. The molecule has 1 aliphatic heterocycles. The monoisotopic (exact) mass is 200 g/mol. The van der Waals surface area contributed by atoms with Crippen LogP contribution in [0.25, 0.3) is 0 Å². The molecule has 0 amide bonds. The molecule has 0 aromatic carbocycles. The average Bonchev–Trinajstić information content (AvgIpc) is 2.65. The number of rotatable bonds is 6. The van der Waals surface area contributed by atoms with Gasteiger partial charge in [-0.25, -0.2) is 0 Å². The molecule has 0 bridgehead atoms. The third-order valence-electron chi connectivity index (χ3n) is 3.10. The van der Waals surface area contributed by atoms with Gasteiger partial charge < -0.3 is 15.4 Å². The molecule has 3 unspecified atom stereocenters. The maximum Gasteiger partial charge on any atom is 0.0613 e. The summed E-state index contributed by atoms with van der Waals surface area (Å²) < 4.78 is 5.64. The highest BCUT2D eigenvalue weighted by Crippen LogP contribution is 2.22. The van der Waals surface area contributed by atoms with E-state index in [0.717, 1.165) is 32.0 Å². The van der Waals surface area contributed by atoms with Crippen molar-refractivity contribution in [1.29, 1.82) is 0 Å². The Bertz CT molecular complexity index is 152. The van der Waals surface area contributed by atoms with E-state index in [1.165, 1.54) is 6.42 Å². The van der Waals surface area contributed by atoms with Crippen molar-refractivity contribution in [2.75, 3.05) is 26.7 Å². The van der Waals surface area contributed by atoms with E-state index < -0.39 is 0 Å². The molecule has 1 aliphatic rings. The Kier molecular flexibility index (Phi) is 5.45. The molecule has 0 spiro atoms. The minimum atomic E-state index is 0.493. The first-order valence-corrected chi connectivity index (χ1v) is 5.77. The largest absolute Gasteiger partial charge is 0.378 e. The third-order valence-corrected chi connectivity index (χ3v) is 3.10. The van der Waals surface area contributed by atoms with Gasteiger partial charge in [0.2, 0.25) is 0 Å². The zero-order valence-electron chi connectivity index (χ0n) is 9.68. The topological polar surface area (TPSA) is 33.3 Å².